The third-order valence-corrected chi connectivity index (χ3v) is 4.63. The molecule has 3 heteroatoms. The first-order chi connectivity index (χ1) is 9.16. The number of rotatable bonds is 2. The van der Waals surface area contributed by atoms with E-state index >= 15 is 0 Å². The third kappa shape index (κ3) is 2.30. The Morgan fingerprint density at radius 2 is 2.00 bits per heavy atom. The van der Waals surface area contributed by atoms with Gasteiger partial charge in [0.2, 0.25) is 0 Å². The molecule has 1 aliphatic carbocycles. The van der Waals surface area contributed by atoms with Gasteiger partial charge < -0.3 is 4.98 Å². The summed E-state index contributed by atoms with van der Waals surface area (Å²) in [6.45, 7) is 2.27. The van der Waals surface area contributed by atoms with E-state index in [1.807, 2.05) is 24.4 Å². The van der Waals surface area contributed by atoms with E-state index < -0.39 is 0 Å². The molecule has 1 heterocycles. The van der Waals surface area contributed by atoms with E-state index in [0.29, 0.717) is 5.02 Å². The number of benzene rings is 1. The van der Waals surface area contributed by atoms with Crippen LogP contribution in [0.5, 0.6) is 0 Å². The van der Waals surface area contributed by atoms with Crippen molar-refractivity contribution < 1.29 is 4.79 Å². The number of hydrogen-bond donors (Lipinski definition) is 1. The highest BCUT2D eigenvalue weighted by molar-refractivity contribution is 6.35. The molecule has 1 aliphatic rings. The molecule has 1 saturated carbocycles. The van der Waals surface area contributed by atoms with Crippen molar-refractivity contribution in [2.24, 2.45) is 11.8 Å². The number of carbonyl (C=O) groups is 1. The van der Waals surface area contributed by atoms with Crippen LogP contribution in [-0.4, -0.2) is 10.8 Å². The number of fused-ring (bicyclic) bond motifs is 1. The van der Waals surface area contributed by atoms with Crippen LogP contribution in [0.4, 0.5) is 0 Å². The molecule has 0 amide bonds. The van der Waals surface area contributed by atoms with Crippen LogP contribution in [0.25, 0.3) is 10.9 Å². The minimum absolute atomic E-state index is 0.189. The van der Waals surface area contributed by atoms with E-state index in [0.717, 1.165) is 35.2 Å². The highest BCUT2D eigenvalue weighted by atomic mass is 35.5. The lowest BCUT2D eigenvalue weighted by Crippen LogP contribution is -2.20. The summed E-state index contributed by atoms with van der Waals surface area (Å²) in [5.41, 5.74) is 1.67. The van der Waals surface area contributed by atoms with Gasteiger partial charge >= 0.3 is 0 Å². The number of carbonyl (C=O) groups excluding carboxylic acids is 1. The van der Waals surface area contributed by atoms with Gasteiger partial charge in [0, 0.05) is 23.1 Å². The summed E-state index contributed by atoms with van der Waals surface area (Å²) < 4.78 is 0. The Labute approximate surface area is 118 Å². The second-order valence-electron chi connectivity index (χ2n) is 5.69. The Morgan fingerprint density at radius 3 is 2.74 bits per heavy atom. The Hall–Kier alpha value is -1.28. The molecule has 0 saturated heterocycles. The summed E-state index contributed by atoms with van der Waals surface area (Å²) in [6, 6.07) is 5.71. The largest absolute Gasteiger partial charge is 0.359 e. The average Bonchev–Trinajstić information content (AvgIpc) is 2.84. The molecule has 0 unspecified atom stereocenters. The lowest BCUT2D eigenvalue weighted by molar-refractivity contribution is 0.0877. The summed E-state index contributed by atoms with van der Waals surface area (Å²) in [5, 5.41) is 1.63. The zero-order valence-corrected chi connectivity index (χ0v) is 11.8. The number of aromatic nitrogens is 1. The van der Waals surface area contributed by atoms with Crippen molar-refractivity contribution >= 4 is 28.3 Å². The van der Waals surface area contributed by atoms with Crippen LogP contribution in [0.2, 0.25) is 5.02 Å². The molecule has 1 aromatic carbocycles. The first kappa shape index (κ1) is 12.7. The van der Waals surface area contributed by atoms with Crippen molar-refractivity contribution in [3.8, 4) is 0 Å². The molecule has 2 nitrogen and oxygen atoms in total. The maximum absolute atomic E-state index is 12.6. The molecule has 1 fully saturated rings. The number of halogens is 1. The fraction of sp³-hybridized carbons (Fsp3) is 0.438. The molecule has 100 valence electrons. The Balaban J connectivity index is 1.92. The van der Waals surface area contributed by atoms with Gasteiger partial charge in [0.05, 0.1) is 10.5 Å². The summed E-state index contributed by atoms with van der Waals surface area (Å²) in [7, 11) is 0. The third-order valence-electron chi connectivity index (χ3n) is 4.32. The number of hydrogen-bond acceptors (Lipinski definition) is 1. The molecular formula is C16H18ClNO. The molecular weight excluding hydrogens is 258 g/mol. The minimum Gasteiger partial charge on any atom is -0.359 e. The Bertz CT molecular complexity index is 608. The van der Waals surface area contributed by atoms with E-state index in [9.17, 15) is 4.79 Å². The van der Waals surface area contributed by atoms with Crippen molar-refractivity contribution in [1.82, 2.24) is 4.98 Å². The number of para-hydroxylation sites is 1. The number of H-pyrrole nitrogens is 1. The lowest BCUT2D eigenvalue weighted by Gasteiger charge is -2.24. The highest BCUT2D eigenvalue weighted by Crippen LogP contribution is 2.33. The number of aromatic amines is 1. The average molecular weight is 276 g/mol. The fourth-order valence-electron chi connectivity index (χ4n) is 3.06. The van der Waals surface area contributed by atoms with Crippen LogP contribution in [0.3, 0.4) is 0 Å². The molecule has 1 N–H and O–H groups in total. The normalized spacial score (nSPS) is 23.7. The quantitative estimate of drug-likeness (QED) is 0.782. The van der Waals surface area contributed by atoms with Crippen molar-refractivity contribution in [3.63, 3.8) is 0 Å². The monoisotopic (exact) mass is 275 g/mol. The van der Waals surface area contributed by atoms with E-state index in [2.05, 4.69) is 11.9 Å². The van der Waals surface area contributed by atoms with Crippen LogP contribution >= 0.6 is 11.6 Å². The molecule has 0 atom stereocenters. The maximum Gasteiger partial charge on any atom is 0.168 e. The van der Waals surface area contributed by atoms with Crippen LogP contribution in [0, 0.1) is 11.8 Å². The van der Waals surface area contributed by atoms with Gasteiger partial charge in [-0.15, -0.1) is 0 Å². The molecule has 1 aromatic heterocycles. The van der Waals surface area contributed by atoms with Crippen molar-refractivity contribution in [2.45, 2.75) is 32.6 Å². The van der Waals surface area contributed by atoms with Crippen LogP contribution in [0.1, 0.15) is 43.0 Å². The van der Waals surface area contributed by atoms with Gasteiger partial charge in [-0.2, -0.15) is 0 Å². The summed E-state index contributed by atoms with van der Waals surface area (Å²) >= 11 is 6.14. The number of nitrogens with one attached hydrogen (secondary N) is 1. The standard InChI is InChI=1S/C16H18ClNO/c1-10-5-7-11(8-6-10)16(19)13-9-18-15-12(13)3-2-4-14(15)17/h2-4,9-11,18H,5-8H2,1H3. The predicted molar refractivity (Wildman–Crippen MR) is 78.8 cm³/mol. The van der Waals surface area contributed by atoms with Crippen molar-refractivity contribution in [3.05, 3.63) is 35.0 Å². The van der Waals surface area contributed by atoms with E-state index in [4.69, 9.17) is 11.6 Å². The predicted octanol–water partition coefficient (Wildman–Crippen LogP) is 4.83. The second kappa shape index (κ2) is 5.01. The second-order valence-corrected chi connectivity index (χ2v) is 6.09. The molecule has 0 spiro atoms. The zero-order valence-electron chi connectivity index (χ0n) is 11.1. The zero-order chi connectivity index (χ0) is 13.4. The van der Waals surface area contributed by atoms with Crippen LogP contribution < -0.4 is 0 Å². The topological polar surface area (TPSA) is 32.9 Å². The first-order valence-electron chi connectivity index (χ1n) is 6.96. The summed E-state index contributed by atoms with van der Waals surface area (Å²) in [6.07, 6.45) is 6.19. The van der Waals surface area contributed by atoms with Gasteiger partial charge in [0.15, 0.2) is 5.78 Å². The van der Waals surface area contributed by atoms with E-state index in [-0.39, 0.29) is 11.7 Å². The van der Waals surface area contributed by atoms with Crippen LogP contribution in [0.15, 0.2) is 24.4 Å². The van der Waals surface area contributed by atoms with Crippen molar-refractivity contribution in [1.29, 1.82) is 0 Å². The van der Waals surface area contributed by atoms with Gasteiger partial charge in [0.1, 0.15) is 0 Å². The van der Waals surface area contributed by atoms with Gasteiger partial charge in [-0.25, -0.2) is 0 Å². The smallest absolute Gasteiger partial charge is 0.168 e. The van der Waals surface area contributed by atoms with Crippen LogP contribution in [-0.2, 0) is 0 Å². The molecule has 2 aromatic rings. The summed E-state index contributed by atoms with van der Waals surface area (Å²) in [5.74, 6) is 1.23. The fourth-order valence-corrected chi connectivity index (χ4v) is 3.29. The van der Waals surface area contributed by atoms with Gasteiger partial charge in [0.25, 0.3) is 0 Å². The number of ketones is 1. The molecule has 19 heavy (non-hydrogen) atoms. The molecule has 0 bridgehead atoms. The number of Topliss-reactive ketones (excluding diaryl/α,β-unsaturated/α-hetero) is 1. The SMILES string of the molecule is CC1CCC(C(=O)c2c[nH]c3c(Cl)cccc23)CC1. The molecule has 3 rings (SSSR count). The van der Waals surface area contributed by atoms with Gasteiger partial charge in [-0.3, -0.25) is 4.79 Å². The van der Waals surface area contributed by atoms with Gasteiger partial charge in [-0.05, 0) is 24.8 Å². The summed E-state index contributed by atoms with van der Waals surface area (Å²) in [4.78, 5) is 15.8. The first-order valence-corrected chi connectivity index (χ1v) is 7.34. The Morgan fingerprint density at radius 1 is 1.26 bits per heavy atom. The Kier molecular flexibility index (Phi) is 3.36. The van der Waals surface area contributed by atoms with E-state index in [1.54, 1.807) is 0 Å². The lowest BCUT2D eigenvalue weighted by atomic mass is 9.79. The van der Waals surface area contributed by atoms with Crippen molar-refractivity contribution in [2.75, 3.05) is 0 Å². The molecule has 0 aliphatic heterocycles. The molecule has 0 radical (unpaired) electrons. The maximum atomic E-state index is 12.6. The van der Waals surface area contributed by atoms with Gasteiger partial charge in [-0.1, -0.05) is 43.5 Å². The van der Waals surface area contributed by atoms with E-state index in [1.165, 1.54) is 12.8 Å². The highest BCUT2D eigenvalue weighted by Gasteiger charge is 2.26. The minimum atomic E-state index is 0.189.